The third-order valence-corrected chi connectivity index (χ3v) is 5.87. The maximum Gasteiger partial charge on any atom is 0.270 e. The summed E-state index contributed by atoms with van der Waals surface area (Å²) in [4.78, 5) is 10.2. The van der Waals surface area contributed by atoms with E-state index in [1.165, 1.54) is 16.4 Å². The molecule has 0 aliphatic carbocycles. The third-order valence-electron chi connectivity index (χ3n) is 3.83. The minimum Gasteiger partial charge on any atom is -0.396 e. The van der Waals surface area contributed by atoms with Gasteiger partial charge in [0.1, 0.15) is 0 Å². The normalized spacial score (nSPS) is 17.8. The van der Waals surface area contributed by atoms with E-state index in [-0.39, 0.29) is 23.1 Å². The van der Waals surface area contributed by atoms with Gasteiger partial charge in [0.05, 0.1) is 9.82 Å². The van der Waals surface area contributed by atoms with E-state index in [0.717, 1.165) is 6.07 Å². The summed E-state index contributed by atoms with van der Waals surface area (Å²) in [6, 6.07) is 3.86. The summed E-state index contributed by atoms with van der Waals surface area (Å²) in [5.41, 5.74) is 0.259. The standard InChI is InChI=1S/C13H18N2O5S/c1-10-2-3-12(15(17)18)8-13(10)21(19,20)14-6-4-11(9-16)5-7-14/h2-3,8,11,16H,4-7,9H2,1H3. The van der Waals surface area contributed by atoms with Crippen LogP contribution in [0.4, 0.5) is 5.69 Å². The lowest BCUT2D eigenvalue weighted by molar-refractivity contribution is -0.385. The number of aryl methyl sites for hydroxylation is 1. The Labute approximate surface area is 123 Å². The van der Waals surface area contributed by atoms with Gasteiger partial charge in [-0.15, -0.1) is 0 Å². The Bertz CT molecular complexity index is 636. The molecule has 1 heterocycles. The molecule has 7 nitrogen and oxygen atoms in total. The Morgan fingerprint density at radius 2 is 2.00 bits per heavy atom. The summed E-state index contributed by atoms with van der Waals surface area (Å²) in [6.07, 6.45) is 1.20. The van der Waals surface area contributed by atoms with Crippen LogP contribution >= 0.6 is 0 Å². The first-order chi connectivity index (χ1) is 9.86. The number of piperidine rings is 1. The molecule has 21 heavy (non-hydrogen) atoms. The summed E-state index contributed by atoms with van der Waals surface area (Å²) >= 11 is 0. The molecule has 0 bridgehead atoms. The van der Waals surface area contributed by atoms with Gasteiger partial charge in [-0.05, 0) is 31.2 Å². The molecular weight excluding hydrogens is 296 g/mol. The van der Waals surface area contributed by atoms with E-state index in [4.69, 9.17) is 5.11 Å². The van der Waals surface area contributed by atoms with Crippen molar-refractivity contribution in [1.82, 2.24) is 4.31 Å². The van der Waals surface area contributed by atoms with E-state index in [1.807, 2.05) is 0 Å². The van der Waals surface area contributed by atoms with E-state index >= 15 is 0 Å². The van der Waals surface area contributed by atoms with Crippen molar-refractivity contribution in [2.75, 3.05) is 19.7 Å². The van der Waals surface area contributed by atoms with Gasteiger partial charge in [-0.3, -0.25) is 10.1 Å². The molecule has 1 aromatic rings. The fourth-order valence-corrected chi connectivity index (χ4v) is 4.17. The molecule has 1 saturated heterocycles. The number of nitro benzene ring substituents is 1. The second-order valence-electron chi connectivity index (χ2n) is 5.24. The van der Waals surface area contributed by atoms with E-state index < -0.39 is 14.9 Å². The molecule has 2 rings (SSSR count). The minimum atomic E-state index is -3.73. The van der Waals surface area contributed by atoms with Crippen molar-refractivity contribution in [3.8, 4) is 0 Å². The van der Waals surface area contributed by atoms with Crippen molar-refractivity contribution in [3.63, 3.8) is 0 Å². The topological polar surface area (TPSA) is 101 Å². The van der Waals surface area contributed by atoms with Crippen LogP contribution in [0.1, 0.15) is 18.4 Å². The molecule has 1 N–H and O–H groups in total. The highest BCUT2D eigenvalue weighted by Gasteiger charge is 2.31. The van der Waals surface area contributed by atoms with Gasteiger partial charge < -0.3 is 5.11 Å². The molecule has 0 spiro atoms. The molecule has 0 aromatic heterocycles. The minimum absolute atomic E-state index is 0.0147. The third kappa shape index (κ3) is 3.22. The summed E-state index contributed by atoms with van der Waals surface area (Å²) in [5, 5.41) is 19.9. The van der Waals surface area contributed by atoms with Gasteiger partial charge in [0.25, 0.3) is 5.69 Å². The molecular formula is C13H18N2O5S. The van der Waals surface area contributed by atoms with Crippen molar-refractivity contribution in [1.29, 1.82) is 0 Å². The number of rotatable bonds is 4. The number of sulfonamides is 1. The molecule has 0 unspecified atom stereocenters. The fraction of sp³-hybridized carbons (Fsp3) is 0.538. The lowest BCUT2D eigenvalue weighted by atomic mass is 10.00. The van der Waals surface area contributed by atoms with Crippen LogP contribution < -0.4 is 0 Å². The predicted molar refractivity (Wildman–Crippen MR) is 76.4 cm³/mol. The molecule has 0 radical (unpaired) electrons. The highest BCUT2D eigenvalue weighted by molar-refractivity contribution is 7.89. The zero-order chi connectivity index (χ0) is 15.6. The molecule has 116 valence electrons. The van der Waals surface area contributed by atoms with Crippen LogP contribution in [0.2, 0.25) is 0 Å². The van der Waals surface area contributed by atoms with Crippen molar-refractivity contribution >= 4 is 15.7 Å². The van der Waals surface area contributed by atoms with Crippen LogP contribution in [0.15, 0.2) is 23.1 Å². The molecule has 8 heteroatoms. The number of aliphatic hydroxyl groups is 1. The predicted octanol–water partition coefficient (Wildman–Crippen LogP) is 1.30. The molecule has 1 aliphatic rings. The van der Waals surface area contributed by atoms with E-state index in [0.29, 0.717) is 31.5 Å². The maximum atomic E-state index is 12.6. The molecule has 0 saturated carbocycles. The first-order valence-corrected chi connectivity index (χ1v) is 8.16. The number of nitro groups is 1. The largest absolute Gasteiger partial charge is 0.396 e. The van der Waals surface area contributed by atoms with Crippen molar-refractivity contribution in [3.05, 3.63) is 33.9 Å². The Morgan fingerprint density at radius 3 is 2.52 bits per heavy atom. The summed E-state index contributed by atoms with van der Waals surface area (Å²) in [6.45, 7) is 2.34. The number of benzene rings is 1. The van der Waals surface area contributed by atoms with Gasteiger partial charge in [-0.25, -0.2) is 8.42 Å². The smallest absolute Gasteiger partial charge is 0.270 e. The Hall–Kier alpha value is -1.51. The van der Waals surface area contributed by atoms with Crippen molar-refractivity contribution in [2.45, 2.75) is 24.7 Å². The van der Waals surface area contributed by atoms with Crippen LogP contribution in [0.25, 0.3) is 0 Å². The van der Waals surface area contributed by atoms with Gasteiger partial charge in [-0.2, -0.15) is 4.31 Å². The summed E-state index contributed by atoms with van der Waals surface area (Å²) in [5.74, 6) is 0.127. The Morgan fingerprint density at radius 1 is 1.38 bits per heavy atom. The first kappa shape index (κ1) is 15.9. The van der Waals surface area contributed by atoms with E-state index in [1.54, 1.807) is 6.92 Å². The second-order valence-corrected chi connectivity index (χ2v) is 7.14. The van der Waals surface area contributed by atoms with Crippen LogP contribution in [-0.2, 0) is 10.0 Å². The monoisotopic (exact) mass is 314 g/mol. The van der Waals surface area contributed by atoms with Gasteiger partial charge in [0, 0.05) is 31.8 Å². The fourth-order valence-electron chi connectivity index (χ4n) is 2.45. The zero-order valence-electron chi connectivity index (χ0n) is 11.7. The lowest BCUT2D eigenvalue weighted by Gasteiger charge is -2.30. The number of nitrogens with zero attached hydrogens (tertiary/aromatic N) is 2. The van der Waals surface area contributed by atoms with Gasteiger partial charge in [0.2, 0.25) is 10.0 Å². The molecule has 1 aliphatic heterocycles. The van der Waals surface area contributed by atoms with Crippen LogP contribution in [0.3, 0.4) is 0 Å². The van der Waals surface area contributed by atoms with Crippen molar-refractivity contribution in [2.24, 2.45) is 5.92 Å². The SMILES string of the molecule is Cc1ccc([N+](=O)[O-])cc1S(=O)(=O)N1CCC(CO)CC1. The maximum absolute atomic E-state index is 12.6. The average Bonchev–Trinajstić information content (AvgIpc) is 2.47. The first-order valence-electron chi connectivity index (χ1n) is 6.72. The highest BCUT2D eigenvalue weighted by atomic mass is 32.2. The molecule has 1 fully saturated rings. The summed E-state index contributed by atoms with van der Waals surface area (Å²) in [7, 11) is -3.73. The number of hydrogen-bond acceptors (Lipinski definition) is 5. The number of hydrogen-bond donors (Lipinski definition) is 1. The van der Waals surface area contributed by atoms with Gasteiger partial charge >= 0.3 is 0 Å². The van der Waals surface area contributed by atoms with Crippen LogP contribution in [-0.4, -0.2) is 42.4 Å². The zero-order valence-corrected chi connectivity index (χ0v) is 12.5. The Kier molecular flexibility index (Phi) is 4.60. The van der Waals surface area contributed by atoms with Gasteiger partial charge in [0.15, 0.2) is 0 Å². The highest BCUT2D eigenvalue weighted by Crippen LogP contribution is 2.28. The summed E-state index contributed by atoms with van der Waals surface area (Å²) < 4.78 is 26.6. The quantitative estimate of drug-likeness (QED) is 0.667. The average molecular weight is 314 g/mol. The lowest BCUT2D eigenvalue weighted by Crippen LogP contribution is -2.39. The Balaban J connectivity index is 2.32. The number of aliphatic hydroxyl groups excluding tert-OH is 1. The van der Waals surface area contributed by atoms with Crippen LogP contribution in [0, 0.1) is 23.0 Å². The second kappa shape index (κ2) is 6.08. The van der Waals surface area contributed by atoms with E-state index in [2.05, 4.69) is 0 Å². The van der Waals surface area contributed by atoms with Crippen LogP contribution in [0.5, 0.6) is 0 Å². The van der Waals surface area contributed by atoms with E-state index in [9.17, 15) is 18.5 Å². The molecule has 0 atom stereocenters. The molecule has 0 amide bonds. The van der Waals surface area contributed by atoms with Crippen molar-refractivity contribution < 1.29 is 18.4 Å². The van der Waals surface area contributed by atoms with Gasteiger partial charge in [-0.1, -0.05) is 6.07 Å². The molecule has 1 aromatic carbocycles. The number of non-ortho nitro benzene ring substituents is 1.